The molecule has 0 aliphatic rings. The number of hydrogen-bond donors (Lipinski definition) is 2. The Labute approximate surface area is 207 Å². The van der Waals surface area contributed by atoms with Crippen molar-refractivity contribution in [1.82, 2.24) is 5.43 Å². The largest absolute Gasteiger partial charge is 0.507 e. The lowest BCUT2D eigenvalue weighted by Crippen LogP contribution is -2.17. The predicted octanol–water partition coefficient (Wildman–Crippen LogP) is 6.31. The van der Waals surface area contributed by atoms with Gasteiger partial charge in [-0.25, -0.2) is 5.43 Å². The van der Waals surface area contributed by atoms with Crippen LogP contribution in [-0.2, 0) is 6.61 Å². The van der Waals surface area contributed by atoms with Gasteiger partial charge in [0.15, 0.2) is 11.5 Å². The lowest BCUT2D eigenvalue weighted by Gasteiger charge is -2.14. The Morgan fingerprint density at radius 3 is 2.59 bits per heavy atom. The maximum Gasteiger partial charge on any atom is 0.275 e. The molecule has 0 heterocycles. The second kappa shape index (κ2) is 11.4. The Hall–Kier alpha value is -2.55. The molecule has 0 atom stereocenters. The molecule has 0 spiro atoms. The van der Waals surface area contributed by atoms with Crippen LogP contribution >= 0.6 is 43.5 Å². The van der Waals surface area contributed by atoms with Gasteiger partial charge in [-0.3, -0.25) is 4.79 Å². The van der Waals surface area contributed by atoms with Crippen LogP contribution < -0.4 is 14.9 Å². The number of amides is 1. The van der Waals surface area contributed by atoms with E-state index in [1.165, 1.54) is 18.3 Å². The number of aromatic hydroxyl groups is 1. The number of nitrogens with zero attached hydrogens (tertiary/aromatic N) is 1. The first-order valence-electron chi connectivity index (χ1n) is 9.53. The van der Waals surface area contributed by atoms with Crippen molar-refractivity contribution in [2.45, 2.75) is 13.5 Å². The average molecular weight is 583 g/mol. The van der Waals surface area contributed by atoms with Gasteiger partial charge in [0.1, 0.15) is 12.4 Å². The molecule has 6 nitrogen and oxygen atoms in total. The fourth-order valence-corrected chi connectivity index (χ4v) is 3.78. The van der Waals surface area contributed by atoms with Gasteiger partial charge in [0, 0.05) is 9.50 Å². The van der Waals surface area contributed by atoms with Crippen LogP contribution in [0.4, 0.5) is 0 Å². The molecule has 0 radical (unpaired) electrons. The number of rotatable bonds is 8. The molecule has 0 saturated heterocycles. The molecule has 3 aromatic carbocycles. The van der Waals surface area contributed by atoms with Gasteiger partial charge in [0.2, 0.25) is 0 Å². The van der Waals surface area contributed by atoms with Crippen molar-refractivity contribution in [3.63, 3.8) is 0 Å². The highest BCUT2D eigenvalue weighted by molar-refractivity contribution is 9.10. The van der Waals surface area contributed by atoms with Crippen molar-refractivity contribution in [3.8, 4) is 17.2 Å². The highest BCUT2D eigenvalue weighted by atomic mass is 79.9. The minimum absolute atomic E-state index is 0.110. The van der Waals surface area contributed by atoms with Crippen molar-refractivity contribution in [3.05, 3.63) is 85.3 Å². The first-order chi connectivity index (χ1) is 15.4. The van der Waals surface area contributed by atoms with E-state index < -0.39 is 5.91 Å². The summed E-state index contributed by atoms with van der Waals surface area (Å²) < 4.78 is 13.0. The first-order valence-corrected chi connectivity index (χ1v) is 11.5. The molecule has 0 saturated carbocycles. The summed E-state index contributed by atoms with van der Waals surface area (Å²) in [6, 6.07) is 15.5. The molecule has 32 heavy (non-hydrogen) atoms. The third-order valence-electron chi connectivity index (χ3n) is 4.21. The van der Waals surface area contributed by atoms with Crippen molar-refractivity contribution >= 4 is 55.6 Å². The lowest BCUT2D eigenvalue weighted by atomic mass is 10.2. The number of halogens is 3. The second-order valence-corrected chi connectivity index (χ2v) is 8.75. The Morgan fingerprint density at radius 2 is 1.88 bits per heavy atom. The van der Waals surface area contributed by atoms with E-state index in [-0.39, 0.29) is 11.3 Å². The smallest absolute Gasteiger partial charge is 0.275 e. The van der Waals surface area contributed by atoms with Crippen molar-refractivity contribution in [2.75, 3.05) is 6.61 Å². The number of hydrogen-bond acceptors (Lipinski definition) is 5. The lowest BCUT2D eigenvalue weighted by molar-refractivity contribution is 0.0952. The molecule has 3 rings (SSSR count). The molecule has 166 valence electrons. The number of benzene rings is 3. The number of hydrazone groups is 1. The molecule has 0 fully saturated rings. The van der Waals surface area contributed by atoms with Crippen molar-refractivity contribution in [1.29, 1.82) is 0 Å². The highest BCUT2D eigenvalue weighted by Gasteiger charge is 2.13. The van der Waals surface area contributed by atoms with Gasteiger partial charge in [-0.15, -0.1) is 0 Å². The molecule has 0 unspecified atom stereocenters. The van der Waals surface area contributed by atoms with Gasteiger partial charge in [-0.05, 0) is 76.4 Å². The fraction of sp³-hybridized carbons (Fsp3) is 0.130. The van der Waals surface area contributed by atoms with Crippen LogP contribution in [0.25, 0.3) is 0 Å². The molecule has 1 amide bonds. The van der Waals surface area contributed by atoms with E-state index in [9.17, 15) is 9.90 Å². The number of carbonyl (C=O) groups is 1. The van der Waals surface area contributed by atoms with Gasteiger partial charge in [-0.2, -0.15) is 5.10 Å². The molecule has 0 aromatic heterocycles. The minimum Gasteiger partial charge on any atom is -0.507 e. The summed E-state index contributed by atoms with van der Waals surface area (Å²) in [5.74, 6) is 0.423. The van der Waals surface area contributed by atoms with Gasteiger partial charge in [0.25, 0.3) is 5.91 Å². The van der Waals surface area contributed by atoms with Crippen LogP contribution in [0.5, 0.6) is 17.2 Å². The van der Waals surface area contributed by atoms with E-state index in [2.05, 4.69) is 42.4 Å². The Morgan fingerprint density at radius 1 is 1.12 bits per heavy atom. The summed E-state index contributed by atoms with van der Waals surface area (Å²) >= 11 is 12.7. The Balaban J connectivity index is 1.73. The zero-order valence-corrected chi connectivity index (χ0v) is 20.9. The molecular formula is C23H19Br2ClN2O4. The second-order valence-electron chi connectivity index (χ2n) is 6.54. The number of nitrogens with one attached hydrogen (secondary N) is 1. The van der Waals surface area contributed by atoms with Gasteiger partial charge >= 0.3 is 0 Å². The van der Waals surface area contributed by atoms with E-state index in [4.69, 9.17) is 21.1 Å². The standard InChI is InChI=1S/C23H19Br2ClN2O4/c1-2-31-21-10-15(12-27-28-23(30)18-11-16(24)5-8-20(18)29)9-19(25)22(21)32-13-14-3-6-17(26)7-4-14/h3-12,29H,2,13H2,1H3,(H,28,30)/b27-12-. The van der Waals surface area contributed by atoms with Crippen molar-refractivity contribution < 1.29 is 19.4 Å². The van der Waals surface area contributed by atoms with Gasteiger partial charge in [-0.1, -0.05) is 39.7 Å². The monoisotopic (exact) mass is 580 g/mol. The van der Waals surface area contributed by atoms with Crippen LogP contribution in [0.15, 0.2) is 68.6 Å². The third kappa shape index (κ3) is 6.48. The Bertz CT molecular complexity index is 1140. The van der Waals surface area contributed by atoms with E-state index in [0.29, 0.717) is 44.2 Å². The number of phenols is 1. The van der Waals surface area contributed by atoms with E-state index >= 15 is 0 Å². The molecule has 2 N–H and O–H groups in total. The summed E-state index contributed by atoms with van der Waals surface area (Å²) in [5.41, 5.74) is 4.16. The summed E-state index contributed by atoms with van der Waals surface area (Å²) in [5, 5.41) is 14.5. The van der Waals surface area contributed by atoms with E-state index in [1.54, 1.807) is 30.3 Å². The molecule has 0 aliphatic carbocycles. The van der Waals surface area contributed by atoms with E-state index in [1.807, 2.05) is 19.1 Å². The normalized spacial score (nSPS) is 10.9. The minimum atomic E-state index is -0.535. The summed E-state index contributed by atoms with van der Waals surface area (Å²) in [7, 11) is 0. The molecule has 3 aromatic rings. The predicted molar refractivity (Wildman–Crippen MR) is 132 cm³/mol. The maximum absolute atomic E-state index is 12.3. The van der Waals surface area contributed by atoms with Crippen LogP contribution in [0, 0.1) is 0 Å². The van der Waals surface area contributed by atoms with Crippen LogP contribution in [-0.4, -0.2) is 23.8 Å². The van der Waals surface area contributed by atoms with Crippen LogP contribution in [0.3, 0.4) is 0 Å². The fourth-order valence-electron chi connectivity index (χ4n) is 2.72. The quantitative estimate of drug-likeness (QED) is 0.241. The van der Waals surface area contributed by atoms with Crippen LogP contribution in [0.2, 0.25) is 5.02 Å². The topological polar surface area (TPSA) is 80.2 Å². The Kier molecular flexibility index (Phi) is 8.55. The summed E-state index contributed by atoms with van der Waals surface area (Å²) in [6.07, 6.45) is 1.48. The van der Waals surface area contributed by atoms with Crippen LogP contribution in [0.1, 0.15) is 28.4 Å². The highest BCUT2D eigenvalue weighted by Crippen LogP contribution is 2.37. The number of carbonyl (C=O) groups excluding carboxylic acids is 1. The first kappa shape index (κ1) is 24.1. The molecule has 9 heteroatoms. The SMILES string of the molecule is CCOc1cc(/C=N\NC(=O)c2cc(Br)ccc2O)cc(Br)c1OCc1ccc(Cl)cc1. The number of phenolic OH excluding ortho intramolecular Hbond substituents is 1. The van der Waals surface area contributed by atoms with Gasteiger partial charge < -0.3 is 14.6 Å². The maximum atomic E-state index is 12.3. The summed E-state index contributed by atoms with van der Waals surface area (Å²) in [4.78, 5) is 12.3. The molecular weight excluding hydrogens is 564 g/mol. The van der Waals surface area contributed by atoms with Gasteiger partial charge in [0.05, 0.1) is 22.9 Å². The zero-order chi connectivity index (χ0) is 23.1. The average Bonchev–Trinajstić information content (AvgIpc) is 2.76. The molecule has 0 aliphatic heterocycles. The zero-order valence-electron chi connectivity index (χ0n) is 16.9. The molecule has 0 bridgehead atoms. The van der Waals surface area contributed by atoms with Crippen molar-refractivity contribution in [2.24, 2.45) is 5.10 Å². The third-order valence-corrected chi connectivity index (χ3v) is 5.55. The summed E-state index contributed by atoms with van der Waals surface area (Å²) in [6.45, 7) is 2.67. The van der Waals surface area contributed by atoms with E-state index in [0.717, 1.165) is 5.56 Å². The number of ether oxygens (including phenoxy) is 2.